The summed E-state index contributed by atoms with van der Waals surface area (Å²) in [5.41, 5.74) is 5.15. The Morgan fingerprint density at radius 3 is 2.56 bits per heavy atom. The van der Waals surface area contributed by atoms with Crippen molar-refractivity contribution in [2.24, 2.45) is 17.1 Å². The Morgan fingerprint density at radius 1 is 1.44 bits per heavy atom. The highest BCUT2D eigenvalue weighted by molar-refractivity contribution is 5.85. The normalized spacial score (nSPS) is 25.8. The molecule has 3 nitrogen and oxygen atoms in total. The van der Waals surface area contributed by atoms with Crippen molar-refractivity contribution in [1.29, 1.82) is 0 Å². The van der Waals surface area contributed by atoms with Gasteiger partial charge >= 0.3 is 0 Å². The molecular weight excluding hydrogens is 224 g/mol. The first kappa shape index (κ1) is 15.7. The molecular formula is C12H25ClN2O. The minimum absolute atomic E-state index is 0. The van der Waals surface area contributed by atoms with Crippen LogP contribution in [0.15, 0.2) is 0 Å². The molecule has 1 amide bonds. The van der Waals surface area contributed by atoms with Gasteiger partial charge in [0.1, 0.15) is 0 Å². The smallest absolute Gasteiger partial charge is 0.227 e. The SMILES string of the molecule is CC1CCCC(NC(=O)C(C)(C)CN)C1.Cl. The summed E-state index contributed by atoms with van der Waals surface area (Å²) in [6, 6.07) is 0.368. The van der Waals surface area contributed by atoms with E-state index in [9.17, 15) is 4.79 Å². The van der Waals surface area contributed by atoms with Crippen LogP contribution in [-0.4, -0.2) is 18.5 Å². The lowest BCUT2D eigenvalue weighted by Gasteiger charge is -2.31. The molecule has 0 bridgehead atoms. The van der Waals surface area contributed by atoms with Gasteiger partial charge in [0, 0.05) is 12.6 Å². The maximum atomic E-state index is 11.9. The molecule has 0 saturated heterocycles. The van der Waals surface area contributed by atoms with E-state index in [0.717, 1.165) is 18.8 Å². The largest absolute Gasteiger partial charge is 0.353 e. The lowest BCUT2D eigenvalue weighted by atomic mass is 9.85. The summed E-state index contributed by atoms with van der Waals surface area (Å²) >= 11 is 0. The van der Waals surface area contributed by atoms with Gasteiger partial charge in [-0.25, -0.2) is 0 Å². The molecule has 0 spiro atoms. The fourth-order valence-corrected chi connectivity index (χ4v) is 2.04. The Morgan fingerprint density at radius 2 is 2.06 bits per heavy atom. The van der Waals surface area contributed by atoms with E-state index in [0.29, 0.717) is 12.6 Å². The van der Waals surface area contributed by atoms with E-state index in [2.05, 4.69) is 12.2 Å². The molecule has 3 N–H and O–H groups in total. The molecule has 0 aromatic heterocycles. The maximum absolute atomic E-state index is 11.9. The summed E-state index contributed by atoms with van der Waals surface area (Å²) in [6.45, 7) is 6.46. The summed E-state index contributed by atoms with van der Waals surface area (Å²) in [5.74, 6) is 0.842. The predicted molar refractivity (Wildman–Crippen MR) is 69.6 cm³/mol. The van der Waals surface area contributed by atoms with Crippen LogP contribution in [-0.2, 0) is 4.79 Å². The second kappa shape index (κ2) is 6.45. The third kappa shape index (κ3) is 4.30. The molecule has 2 unspecified atom stereocenters. The maximum Gasteiger partial charge on any atom is 0.227 e. The summed E-state index contributed by atoms with van der Waals surface area (Å²) in [6.07, 6.45) is 4.77. The standard InChI is InChI=1S/C12H24N2O.ClH/c1-9-5-4-6-10(7-9)14-11(15)12(2,3)8-13;/h9-10H,4-8,13H2,1-3H3,(H,14,15);1H. The van der Waals surface area contributed by atoms with E-state index in [1.165, 1.54) is 12.8 Å². The van der Waals surface area contributed by atoms with Crippen molar-refractivity contribution < 1.29 is 4.79 Å². The zero-order chi connectivity index (χ0) is 11.5. The van der Waals surface area contributed by atoms with Crippen LogP contribution in [0.3, 0.4) is 0 Å². The van der Waals surface area contributed by atoms with E-state index in [-0.39, 0.29) is 18.3 Å². The van der Waals surface area contributed by atoms with Crippen molar-refractivity contribution in [3.63, 3.8) is 0 Å². The highest BCUT2D eigenvalue weighted by atomic mass is 35.5. The minimum atomic E-state index is -0.430. The highest BCUT2D eigenvalue weighted by Crippen LogP contribution is 2.24. The summed E-state index contributed by atoms with van der Waals surface area (Å²) in [7, 11) is 0. The van der Waals surface area contributed by atoms with E-state index in [4.69, 9.17) is 5.73 Å². The molecule has 4 heteroatoms. The van der Waals surface area contributed by atoms with Crippen molar-refractivity contribution in [3.05, 3.63) is 0 Å². The molecule has 1 aliphatic carbocycles. The Hall–Kier alpha value is -0.280. The second-order valence-corrected chi connectivity index (χ2v) is 5.53. The van der Waals surface area contributed by atoms with Gasteiger partial charge in [0.25, 0.3) is 0 Å². The van der Waals surface area contributed by atoms with Gasteiger partial charge in [0.05, 0.1) is 5.41 Å². The molecule has 96 valence electrons. The molecule has 0 radical (unpaired) electrons. The van der Waals surface area contributed by atoms with Crippen LogP contribution < -0.4 is 11.1 Å². The van der Waals surface area contributed by atoms with E-state index < -0.39 is 5.41 Å². The summed E-state index contributed by atoms with van der Waals surface area (Å²) < 4.78 is 0. The second-order valence-electron chi connectivity index (χ2n) is 5.53. The Labute approximate surface area is 105 Å². The van der Waals surface area contributed by atoms with Crippen molar-refractivity contribution in [2.75, 3.05) is 6.54 Å². The van der Waals surface area contributed by atoms with Gasteiger partial charge in [-0.05, 0) is 32.6 Å². The topological polar surface area (TPSA) is 55.1 Å². The van der Waals surface area contributed by atoms with Crippen LogP contribution >= 0.6 is 12.4 Å². The van der Waals surface area contributed by atoms with Gasteiger partial charge in [-0.3, -0.25) is 4.79 Å². The van der Waals surface area contributed by atoms with Crippen molar-refractivity contribution >= 4 is 18.3 Å². The van der Waals surface area contributed by atoms with E-state index in [1.54, 1.807) is 0 Å². The highest BCUT2D eigenvalue weighted by Gasteiger charge is 2.29. The number of halogens is 1. The van der Waals surface area contributed by atoms with Gasteiger partial charge in [0.2, 0.25) is 5.91 Å². The third-order valence-electron chi connectivity index (χ3n) is 3.40. The van der Waals surface area contributed by atoms with Crippen LogP contribution in [0.4, 0.5) is 0 Å². The van der Waals surface area contributed by atoms with Crippen LogP contribution in [0.5, 0.6) is 0 Å². The third-order valence-corrected chi connectivity index (χ3v) is 3.40. The first-order valence-electron chi connectivity index (χ1n) is 5.96. The number of hydrogen-bond acceptors (Lipinski definition) is 2. The molecule has 1 fully saturated rings. The lowest BCUT2D eigenvalue weighted by Crippen LogP contribution is -2.47. The van der Waals surface area contributed by atoms with Crippen LogP contribution in [0, 0.1) is 11.3 Å². The molecule has 0 aliphatic heterocycles. The molecule has 1 saturated carbocycles. The number of nitrogens with two attached hydrogens (primary N) is 1. The average Bonchev–Trinajstić information content (AvgIpc) is 2.17. The lowest BCUT2D eigenvalue weighted by molar-refractivity contribution is -0.129. The van der Waals surface area contributed by atoms with Gasteiger partial charge in [-0.1, -0.05) is 19.8 Å². The first-order chi connectivity index (χ1) is 6.95. The number of amides is 1. The van der Waals surface area contributed by atoms with Gasteiger partial charge < -0.3 is 11.1 Å². The van der Waals surface area contributed by atoms with Crippen molar-refractivity contribution in [1.82, 2.24) is 5.32 Å². The molecule has 16 heavy (non-hydrogen) atoms. The minimum Gasteiger partial charge on any atom is -0.353 e. The molecule has 0 aromatic carbocycles. The van der Waals surface area contributed by atoms with Crippen LogP contribution in [0.1, 0.15) is 46.5 Å². The number of nitrogens with one attached hydrogen (secondary N) is 1. The fourth-order valence-electron chi connectivity index (χ4n) is 2.04. The van der Waals surface area contributed by atoms with Gasteiger partial charge in [-0.2, -0.15) is 0 Å². The monoisotopic (exact) mass is 248 g/mol. The number of carbonyl (C=O) groups excluding carboxylic acids is 1. The van der Waals surface area contributed by atoms with Gasteiger partial charge in [0.15, 0.2) is 0 Å². The quantitative estimate of drug-likeness (QED) is 0.804. The van der Waals surface area contributed by atoms with Gasteiger partial charge in [-0.15, -0.1) is 12.4 Å². The number of hydrogen-bond donors (Lipinski definition) is 2. The summed E-state index contributed by atoms with van der Waals surface area (Å²) in [5, 5.41) is 3.12. The average molecular weight is 249 g/mol. The molecule has 0 aromatic rings. The van der Waals surface area contributed by atoms with Crippen LogP contribution in [0.25, 0.3) is 0 Å². The summed E-state index contributed by atoms with van der Waals surface area (Å²) in [4.78, 5) is 11.9. The first-order valence-corrected chi connectivity index (χ1v) is 5.96. The number of rotatable bonds is 3. The zero-order valence-corrected chi connectivity index (χ0v) is 11.4. The number of carbonyl (C=O) groups is 1. The molecule has 1 aliphatic rings. The van der Waals surface area contributed by atoms with E-state index >= 15 is 0 Å². The van der Waals surface area contributed by atoms with E-state index in [1.807, 2.05) is 13.8 Å². The molecule has 1 rings (SSSR count). The van der Waals surface area contributed by atoms with Crippen LogP contribution in [0.2, 0.25) is 0 Å². The Bertz CT molecular complexity index is 231. The Balaban J connectivity index is 0.00000225. The fraction of sp³-hybridized carbons (Fsp3) is 0.917. The Kier molecular flexibility index (Phi) is 6.34. The van der Waals surface area contributed by atoms with Crippen molar-refractivity contribution in [2.45, 2.75) is 52.5 Å². The zero-order valence-electron chi connectivity index (χ0n) is 10.6. The van der Waals surface area contributed by atoms with Crippen molar-refractivity contribution in [3.8, 4) is 0 Å². The molecule has 0 heterocycles. The molecule has 2 atom stereocenters. The predicted octanol–water partition coefficient (Wildman–Crippen LogP) is 2.09.